The van der Waals surface area contributed by atoms with Crippen LogP contribution >= 0.6 is 0 Å². The molecule has 1 aromatic carbocycles. The number of nitrogens with zero attached hydrogens (tertiary/aromatic N) is 3. The lowest BCUT2D eigenvalue weighted by Crippen LogP contribution is -2.28. The number of likely N-dealkylation sites (tertiary alicyclic amines) is 1. The zero-order valence-corrected chi connectivity index (χ0v) is 14.6. The maximum absolute atomic E-state index is 12.7. The lowest BCUT2D eigenvalue weighted by atomic mass is 10.1. The van der Waals surface area contributed by atoms with Gasteiger partial charge in [-0.15, -0.1) is 0 Å². The summed E-state index contributed by atoms with van der Waals surface area (Å²) in [6.45, 7) is 2.98. The van der Waals surface area contributed by atoms with E-state index < -0.39 is 0 Å². The van der Waals surface area contributed by atoms with E-state index in [1.807, 2.05) is 30.3 Å². The van der Waals surface area contributed by atoms with E-state index in [0.717, 1.165) is 17.7 Å². The topological polar surface area (TPSA) is 81.6 Å². The summed E-state index contributed by atoms with van der Waals surface area (Å²) in [6, 6.07) is 11.0. The number of amides is 1. The third-order valence-corrected chi connectivity index (χ3v) is 4.56. The highest BCUT2D eigenvalue weighted by atomic mass is 16.5. The molecular weight excluding hydrogens is 334 g/mol. The number of furan rings is 1. The Bertz CT molecular complexity index is 913. The van der Waals surface area contributed by atoms with Gasteiger partial charge in [-0.05, 0) is 49.7 Å². The smallest absolute Gasteiger partial charge is 0.289 e. The van der Waals surface area contributed by atoms with Gasteiger partial charge < -0.3 is 18.6 Å². The van der Waals surface area contributed by atoms with Crippen LogP contribution < -0.4 is 4.74 Å². The van der Waals surface area contributed by atoms with E-state index in [1.54, 1.807) is 25.0 Å². The molecule has 0 spiro atoms. The minimum atomic E-state index is -0.122. The predicted octanol–water partition coefficient (Wildman–Crippen LogP) is 3.28. The van der Waals surface area contributed by atoms with Crippen molar-refractivity contribution in [3.05, 3.63) is 53.9 Å². The fourth-order valence-corrected chi connectivity index (χ4v) is 3.14. The van der Waals surface area contributed by atoms with Crippen LogP contribution in [0.3, 0.4) is 0 Å². The van der Waals surface area contributed by atoms with Crippen molar-refractivity contribution in [3.8, 4) is 17.1 Å². The second-order valence-electron chi connectivity index (χ2n) is 6.31. The Morgan fingerprint density at radius 3 is 2.73 bits per heavy atom. The maximum atomic E-state index is 12.7. The SMILES string of the molecule is COc1ccc(-c2ccc(C(=O)N3CC[C@@H](c4nc(C)no4)C3)o2)cc1. The third-order valence-electron chi connectivity index (χ3n) is 4.56. The monoisotopic (exact) mass is 353 g/mol. The number of aromatic nitrogens is 2. The van der Waals surface area contributed by atoms with E-state index in [9.17, 15) is 4.79 Å². The van der Waals surface area contributed by atoms with Gasteiger partial charge in [0.1, 0.15) is 11.5 Å². The Kier molecular flexibility index (Phi) is 4.20. The summed E-state index contributed by atoms with van der Waals surface area (Å²) in [7, 11) is 1.62. The molecule has 1 aliphatic heterocycles. The Morgan fingerprint density at radius 1 is 1.23 bits per heavy atom. The highest BCUT2D eigenvalue weighted by molar-refractivity contribution is 5.92. The first kappa shape index (κ1) is 16.4. The molecule has 1 aliphatic rings. The summed E-state index contributed by atoms with van der Waals surface area (Å²) in [5.41, 5.74) is 0.894. The average molecular weight is 353 g/mol. The summed E-state index contributed by atoms with van der Waals surface area (Å²) < 4.78 is 16.2. The maximum Gasteiger partial charge on any atom is 0.289 e. The number of carbonyl (C=O) groups is 1. The van der Waals surface area contributed by atoms with Gasteiger partial charge in [0, 0.05) is 18.7 Å². The van der Waals surface area contributed by atoms with E-state index >= 15 is 0 Å². The van der Waals surface area contributed by atoms with E-state index in [-0.39, 0.29) is 11.8 Å². The standard InChI is InChI=1S/C19H19N3O4/c1-12-20-18(26-21-12)14-9-10-22(11-14)19(23)17-8-7-16(25-17)13-3-5-15(24-2)6-4-13/h3-8,14H,9-11H2,1-2H3/t14-/m1/s1. The van der Waals surface area contributed by atoms with Crippen LogP contribution in [0.15, 0.2) is 45.3 Å². The second-order valence-corrected chi connectivity index (χ2v) is 6.31. The second kappa shape index (κ2) is 6.67. The highest BCUT2D eigenvalue weighted by Gasteiger charge is 2.32. The van der Waals surface area contributed by atoms with Crippen molar-refractivity contribution >= 4 is 5.91 Å². The molecule has 1 amide bonds. The van der Waals surface area contributed by atoms with Crippen LogP contribution in [0.5, 0.6) is 5.75 Å². The van der Waals surface area contributed by atoms with Gasteiger partial charge in [-0.3, -0.25) is 4.79 Å². The Morgan fingerprint density at radius 2 is 2.04 bits per heavy atom. The number of rotatable bonds is 4. The largest absolute Gasteiger partial charge is 0.497 e. The summed E-state index contributed by atoms with van der Waals surface area (Å²) in [4.78, 5) is 18.8. The Hall–Kier alpha value is -3.09. The van der Waals surface area contributed by atoms with Crippen molar-refractivity contribution in [2.45, 2.75) is 19.3 Å². The van der Waals surface area contributed by atoms with Gasteiger partial charge in [0.2, 0.25) is 5.89 Å². The van der Waals surface area contributed by atoms with Gasteiger partial charge in [-0.2, -0.15) is 4.98 Å². The molecule has 0 bridgehead atoms. The van der Waals surface area contributed by atoms with Gasteiger partial charge in [-0.25, -0.2) is 0 Å². The van der Waals surface area contributed by atoms with Crippen LogP contribution in [0, 0.1) is 6.92 Å². The van der Waals surface area contributed by atoms with Crippen LogP contribution in [-0.4, -0.2) is 41.1 Å². The zero-order valence-electron chi connectivity index (χ0n) is 14.6. The minimum absolute atomic E-state index is 0.0798. The van der Waals surface area contributed by atoms with Crippen LogP contribution in [0.4, 0.5) is 0 Å². The first-order chi connectivity index (χ1) is 12.6. The molecule has 26 heavy (non-hydrogen) atoms. The predicted molar refractivity (Wildman–Crippen MR) is 93.0 cm³/mol. The molecule has 3 aromatic rings. The Balaban J connectivity index is 1.46. The first-order valence-corrected chi connectivity index (χ1v) is 8.48. The molecular formula is C19H19N3O4. The fourth-order valence-electron chi connectivity index (χ4n) is 3.14. The summed E-state index contributed by atoms with van der Waals surface area (Å²) >= 11 is 0. The highest BCUT2D eigenvalue weighted by Crippen LogP contribution is 2.29. The molecule has 4 rings (SSSR count). The first-order valence-electron chi connectivity index (χ1n) is 8.48. The van der Waals surface area contributed by atoms with Crippen LogP contribution in [0.1, 0.15) is 34.6 Å². The quantitative estimate of drug-likeness (QED) is 0.716. The van der Waals surface area contributed by atoms with Gasteiger partial charge in [0.25, 0.3) is 5.91 Å². The number of hydrogen-bond acceptors (Lipinski definition) is 6. The summed E-state index contributed by atoms with van der Waals surface area (Å²) in [5.74, 6) is 2.92. The van der Waals surface area contributed by atoms with Crippen molar-refractivity contribution in [1.29, 1.82) is 0 Å². The molecule has 1 fully saturated rings. The normalized spacial score (nSPS) is 16.8. The molecule has 0 radical (unpaired) electrons. The van der Waals surface area contributed by atoms with Gasteiger partial charge in [0.05, 0.1) is 13.0 Å². The fraction of sp³-hybridized carbons (Fsp3) is 0.316. The molecule has 3 heterocycles. The molecule has 1 saturated heterocycles. The van der Waals surface area contributed by atoms with E-state index in [4.69, 9.17) is 13.7 Å². The van der Waals surface area contributed by atoms with E-state index in [2.05, 4.69) is 10.1 Å². The van der Waals surface area contributed by atoms with Crippen LogP contribution in [0.25, 0.3) is 11.3 Å². The van der Waals surface area contributed by atoms with Crippen molar-refractivity contribution in [3.63, 3.8) is 0 Å². The van der Waals surface area contributed by atoms with Crippen molar-refractivity contribution in [1.82, 2.24) is 15.0 Å². The molecule has 134 valence electrons. The van der Waals surface area contributed by atoms with Crippen LogP contribution in [-0.2, 0) is 0 Å². The van der Waals surface area contributed by atoms with Gasteiger partial charge in [-0.1, -0.05) is 5.16 Å². The number of hydrogen-bond donors (Lipinski definition) is 0. The van der Waals surface area contributed by atoms with Gasteiger partial charge >= 0.3 is 0 Å². The Labute approximate surface area is 150 Å². The minimum Gasteiger partial charge on any atom is -0.497 e. The average Bonchev–Trinajstić information content (AvgIpc) is 3.41. The van der Waals surface area contributed by atoms with Crippen molar-refractivity contribution < 1.29 is 18.5 Å². The van der Waals surface area contributed by atoms with Crippen LogP contribution in [0.2, 0.25) is 0 Å². The number of carbonyl (C=O) groups excluding carboxylic acids is 1. The number of benzene rings is 1. The third kappa shape index (κ3) is 3.08. The molecule has 0 saturated carbocycles. The molecule has 7 heteroatoms. The molecule has 0 N–H and O–H groups in total. The van der Waals surface area contributed by atoms with Gasteiger partial charge in [0.15, 0.2) is 11.6 Å². The van der Waals surface area contributed by atoms with E-state index in [1.165, 1.54) is 0 Å². The molecule has 1 atom stereocenters. The van der Waals surface area contributed by atoms with Crippen molar-refractivity contribution in [2.75, 3.05) is 20.2 Å². The summed E-state index contributed by atoms with van der Waals surface area (Å²) in [6.07, 6.45) is 0.805. The lowest BCUT2D eigenvalue weighted by molar-refractivity contribution is 0.0759. The summed E-state index contributed by atoms with van der Waals surface area (Å²) in [5, 5.41) is 3.82. The van der Waals surface area contributed by atoms with E-state index in [0.29, 0.717) is 36.3 Å². The molecule has 7 nitrogen and oxygen atoms in total. The molecule has 0 unspecified atom stereocenters. The van der Waals surface area contributed by atoms with Crippen molar-refractivity contribution in [2.24, 2.45) is 0 Å². The zero-order chi connectivity index (χ0) is 18.1. The number of ether oxygens (including phenoxy) is 1. The lowest BCUT2D eigenvalue weighted by Gasteiger charge is -2.13. The number of aryl methyl sites for hydroxylation is 1. The molecule has 2 aromatic heterocycles. The molecule has 0 aliphatic carbocycles. The number of methoxy groups -OCH3 is 1.